The van der Waals surface area contributed by atoms with E-state index in [-0.39, 0.29) is 6.10 Å². The predicted octanol–water partition coefficient (Wildman–Crippen LogP) is 5.52. The van der Waals surface area contributed by atoms with Crippen molar-refractivity contribution in [1.29, 1.82) is 0 Å². The summed E-state index contributed by atoms with van der Waals surface area (Å²) in [7, 11) is 1.65. The summed E-state index contributed by atoms with van der Waals surface area (Å²) in [5.41, 5.74) is 2.59. The first-order valence-corrected chi connectivity index (χ1v) is 11.3. The molecule has 33 heavy (non-hydrogen) atoms. The summed E-state index contributed by atoms with van der Waals surface area (Å²) in [5.74, 6) is 3.63. The van der Waals surface area contributed by atoms with Crippen LogP contribution in [-0.2, 0) is 6.61 Å². The van der Waals surface area contributed by atoms with Crippen molar-refractivity contribution in [2.75, 3.05) is 20.2 Å². The molecule has 0 bridgehead atoms. The zero-order chi connectivity index (χ0) is 22.6. The monoisotopic (exact) mass is 444 g/mol. The second kappa shape index (κ2) is 9.55. The number of piperidine rings is 1. The molecular formula is C27H28N2O4. The van der Waals surface area contributed by atoms with Gasteiger partial charge in [0, 0.05) is 17.5 Å². The highest BCUT2D eigenvalue weighted by atomic mass is 16.5. The van der Waals surface area contributed by atoms with Gasteiger partial charge >= 0.3 is 0 Å². The Bertz CT molecular complexity index is 1230. The Labute approximate surface area is 193 Å². The van der Waals surface area contributed by atoms with Crippen LogP contribution in [0, 0.1) is 6.92 Å². The van der Waals surface area contributed by atoms with Gasteiger partial charge in [0.1, 0.15) is 29.9 Å². The average Bonchev–Trinajstić information content (AvgIpc) is 3.29. The standard InChI is InChI=1S/C27H28N2O4/c1-18-8-9-24(32-18)23-16-25(33-20-10-12-28-13-11-20)21-14-26(30-2)27(15-22(21)29-23)31-17-19-6-4-3-5-7-19/h3-9,14-16,20,28H,10-13,17H2,1-2H3. The molecular weight excluding hydrogens is 416 g/mol. The topological polar surface area (TPSA) is 65.8 Å². The highest BCUT2D eigenvalue weighted by Crippen LogP contribution is 2.39. The van der Waals surface area contributed by atoms with E-state index in [1.54, 1.807) is 7.11 Å². The molecule has 2 aromatic heterocycles. The SMILES string of the molecule is COc1cc2c(OC3CCNCC3)cc(-c3ccc(C)o3)nc2cc1OCc1ccccc1. The average molecular weight is 445 g/mol. The van der Waals surface area contributed by atoms with Gasteiger partial charge in [-0.3, -0.25) is 0 Å². The first kappa shape index (κ1) is 21.3. The van der Waals surface area contributed by atoms with Crippen LogP contribution in [0.3, 0.4) is 0 Å². The van der Waals surface area contributed by atoms with E-state index >= 15 is 0 Å². The third kappa shape index (κ3) is 4.81. The minimum absolute atomic E-state index is 0.156. The van der Waals surface area contributed by atoms with Crippen molar-refractivity contribution >= 4 is 10.9 Å². The molecule has 1 fully saturated rings. The molecule has 5 rings (SSSR count). The minimum Gasteiger partial charge on any atom is -0.493 e. The summed E-state index contributed by atoms with van der Waals surface area (Å²) in [4.78, 5) is 4.88. The van der Waals surface area contributed by atoms with Crippen molar-refractivity contribution < 1.29 is 18.6 Å². The summed E-state index contributed by atoms with van der Waals surface area (Å²) in [6, 6.07) is 19.8. The number of aromatic nitrogens is 1. The predicted molar refractivity (Wildman–Crippen MR) is 128 cm³/mol. The van der Waals surface area contributed by atoms with Crippen molar-refractivity contribution in [3.63, 3.8) is 0 Å². The van der Waals surface area contributed by atoms with Crippen LogP contribution in [0.25, 0.3) is 22.4 Å². The highest BCUT2D eigenvalue weighted by Gasteiger charge is 2.20. The fraction of sp³-hybridized carbons (Fsp3) is 0.296. The molecule has 1 N–H and O–H groups in total. The van der Waals surface area contributed by atoms with Gasteiger partial charge in [0.15, 0.2) is 17.3 Å². The third-order valence-electron chi connectivity index (χ3n) is 5.87. The molecule has 2 aromatic carbocycles. The van der Waals surface area contributed by atoms with Crippen molar-refractivity contribution in [3.05, 3.63) is 72.0 Å². The number of methoxy groups -OCH3 is 1. The van der Waals surface area contributed by atoms with E-state index in [4.69, 9.17) is 23.6 Å². The van der Waals surface area contributed by atoms with Crippen LogP contribution in [0.1, 0.15) is 24.2 Å². The number of nitrogens with zero attached hydrogens (tertiary/aromatic N) is 1. The minimum atomic E-state index is 0.156. The Morgan fingerprint density at radius 1 is 0.970 bits per heavy atom. The number of rotatable bonds is 7. The van der Waals surface area contributed by atoms with Crippen LogP contribution in [0.2, 0.25) is 0 Å². The smallest absolute Gasteiger partial charge is 0.163 e. The van der Waals surface area contributed by atoms with Gasteiger partial charge in [-0.2, -0.15) is 0 Å². The fourth-order valence-electron chi connectivity index (χ4n) is 4.10. The third-order valence-corrected chi connectivity index (χ3v) is 5.87. The number of hydrogen-bond donors (Lipinski definition) is 1. The second-order valence-corrected chi connectivity index (χ2v) is 8.28. The van der Waals surface area contributed by atoms with Gasteiger partial charge in [0.2, 0.25) is 0 Å². The fourth-order valence-corrected chi connectivity index (χ4v) is 4.10. The van der Waals surface area contributed by atoms with Gasteiger partial charge in [-0.05, 0) is 56.6 Å². The molecule has 3 heterocycles. The van der Waals surface area contributed by atoms with E-state index in [0.717, 1.165) is 59.6 Å². The molecule has 0 amide bonds. The number of furan rings is 1. The number of pyridine rings is 1. The maximum Gasteiger partial charge on any atom is 0.163 e. The Kier molecular flexibility index (Phi) is 6.17. The van der Waals surface area contributed by atoms with Crippen molar-refractivity contribution in [3.8, 4) is 28.7 Å². The molecule has 0 atom stereocenters. The molecule has 6 heteroatoms. The Morgan fingerprint density at radius 2 is 1.79 bits per heavy atom. The molecule has 170 valence electrons. The van der Waals surface area contributed by atoms with Crippen molar-refractivity contribution in [1.82, 2.24) is 10.3 Å². The summed E-state index contributed by atoms with van der Waals surface area (Å²) < 4.78 is 24.1. The van der Waals surface area contributed by atoms with Crippen LogP contribution < -0.4 is 19.5 Å². The first-order chi connectivity index (χ1) is 16.2. The van der Waals surface area contributed by atoms with Gasteiger partial charge in [-0.25, -0.2) is 4.98 Å². The van der Waals surface area contributed by atoms with E-state index in [1.807, 2.05) is 67.6 Å². The highest BCUT2D eigenvalue weighted by molar-refractivity contribution is 5.90. The summed E-state index contributed by atoms with van der Waals surface area (Å²) >= 11 is 0. The zero-order valence-corrected chi connectivity index (χ0v) is 19.0. The number of fused-ring (bicyclic) bond motifs is 1. The lowest BCUT2D eigenvalue weighted by molar-refractivity contribution is 0.164. The molecule has 1 aliphatic heterocycles. The van der Waals surface area contributed by atoms with Crippen LogP contribution in [-0.4, -0.2) is 31.3 Å². The lowest BCUT2D eigenvalue weighted by Gasteiger charge is -2.25. The summed E-state index contributed by atoms with van der Waals surface area (Å²) in [5, 5.41) is 4.28. The molecule has 1 aliphatic rings. The molecule has 0 radical (unpaired) electrons. The van der Waals surface area contributed by atoms with E-state index in [0.29, 0.717) is 23.9 Å². The number of aryl methyl sites for hydroxylation is 1. The number of nitrogens with one attached hydrogen (secondary N) is 1. The lowest BCUT2D eigenvalue weighted by Crippen LogP contribution is -2.34. The van der Waals surface area contributed by atoms with Crippen molar-refractivity contribution in [2.24, 2.45) is 0 Å². The van der Waals surface area contributed by atoms with E-state index in [1.165, 1.54) is 0 Å². The number of ether oxygens (including phenoxy) is 3. The van der Waals surface area contributed by atoms with Gasteiger partial charge in [0.25, 0.3) is 0 Å². The molecule has 1 saturated heterocycles. The van der Waals surface area contributed by atoms with E-state index in [2.05, 4.69) is 5.32 Å². The van der Waals surface area contributed by atoms with Gasteiger partial charge in [-0.15, -0.1) is 0 Å². The Hall–Kier alpha value is -3.51. The quantitative estimate of drug-likeness (QED) is 0.405. The maximum absolute atomic E-state index is 6.49. The Morgan fingerprint density at radius 3 is 2.52 bits per heavy atom. The largest absolute Gasteiger partial charge is 0.493 e. The van der Waals surface area contributed by atoms with Gasteiger partial charge in [-0.1, -0.05) is 30.3 Å². The second-order valence-electron chi connectivity index (χ2n) is 8.28. The lowest BCUT2D eigenvalue weighted by atomic mass is 10.1. The summed E-state index contributed by atoms with van der Waals surface area (Å²) in [6.45, 7) is 4.28. The zero-order valence-electron chi connectivity index (χ0n) is 19.0. The van der Waals surface area contributed by atoms with Crippen LogP contribution >= 0.6 is 0 Å². The van der Waals surface area contributed by atoms with E-state index in [9.17, 15) is 0 Å². The molecule has 0 spiro atoms. The Balaban J connectivity index is 1.56. The molecule has 6 nitrogen and oxygen atoms in total. The molecule has 4 aromatic rings. The summed E-state index contributed by atoms with van der Waals surface area (Å²) in [6.07, 6.45) is 2.09. The van der Waals surface area contributed by atoms with Gasteiger partial charge < -0.3 is 23.9 Å². The number of hydrogen-bond acceptors (Lipinski definition) is 6. The normalized spacial score (nSPS) is 14.4. The molecule has 0 unspecified atom stereocenters. The van der Waals surface area contributed by atoms with Gasteiger partial charge in [0.05, 0.1) is 12.6 Å². The molecule has 0 saturated carbocycles. The van der Waals surface area contributed by atoms with Crippen LogP contribution in [0.4, 0.5) is 0 Å². The number of benzene rings is 2. The van der Waals surface area contributed by atoms with Crippen LogP contribution in [0.5, 0.6) is 17.2 Å². The van der Waals surface area contributed by atoms with Crippen LogP contribution in [0.15, 0.2) is 65.1 Å². The van der Waals surface area contributed by atoms with Crippen molar-refractivity contribution in [2.45, 2.75) is 32.5 Å². The first-order valence-electron chi connectivity index (χ1n) is 11.3. The maximum atomic E-state index is 6.49. The van der Waals surface area contributed by atoms with E-state index < -0.39 is 0 Å². The molecule has 0 aliphatic carbocycles.